The van der Waals surface area contributed by atoms with Crippen molar-refractivity contribution in [3.05, 3.63) is 92.7 Å². The highest BCUT2D eigenvalue weighted by molar-refractivity contribution is 9.10. The van der Waals surface area contributed by atoms with Crippen molar-refractivity contribution in [3.63, 3.8) is 0 Å². The number of nitrogens with one attached hydrogen (secondary N) is 1. The maximum absolute atomic E-state index is 13.4. The van der Waals surface area contributed by atoms with Gasteiger partial charge in [0.15, 0.2) is 0 Å². The summed E-state index contributed by atoms with van der Waals surface area (Å²) in [5.41, 5.74) is 1.20. The third-order valence-electron chi connectivity index (χ3n) is 5.23. The van der Waals surface area contributed by atoms with Crippen molar-refractivity contribution in [2.45, 2.75) is 11.4 Å². The van der Waals surface area contributed by atoms with E-state index in [1.54, 1.807) is 48.5 Å². The number of sulfonamides is 1. The van der Waals surface area contributed by atoms with Crippen LogP contribution in [0.5, 0.6) is 0 Å². The minimum absolute atomic E-state index is 0.00227. The SMILES string of the molecule is COC(=O)c1cc2cc(NC(=O)CN(Cc3ccc(Br)cc3)S(=O)(=O)c3ccc(Cl)cc3)ccc2s1. The Morgan fingerprint density at radius 1 is 1.03 bits per heavy atom. The lowest BCUT2D eigenvalue weighted by Crippen LogP contribution is -2.37. The molecule has 0 spiro atoms. The smallest absolute Gasteiger partial charge is 0.348 e. The first-order chi connectivity index (χ1) is 17.2. The second-order valence-electron chi connectivity index (χ2n) is 7.76. The van der Waals surface area contributed by atoms with E-state index >= 15 is 0 Å². The molecule has 0 aliphatic heterocycles. The second-order valence-corrected chi connectivity index (χ2v) is 12.1. The predicted molar refractivity (Wildman–Crippen MR) is 145 cm³/mol. The van der Waals surface area contributed by atoms with E-state index in [4.69, 9.17) is 16.3 Å². The topological polar surface area (TPSA) is 92.8 Å². The Hall–Kier alpha value is -2.76. The highest BCUT2D eigenvalue weighted by Crippen LogP contribution is 2.29. The number of rotatable bonds is 8. The zero-order valence-electron chi connectivity index (χ0n) is 18.9. The van der Waals surface area contributed by atoms with Crippen molar-refractivity contribution < 1.29 is 22.7 Å². The molecule has 0 saturated heterocycles. The predicted octanol–water partition coefficient (Wildman–Crippen LogP) is 5.93. The number of benzene rings is 3. The number of anilines is 1. The number of amides is 1. The average molecular weight is 608 g/mol. The summed E-state index contributed by atoms with van der Waals surface area (Å²) >= 11 is 10.6. The molecule has 1 N–H and O–H groups in total. The lowest BCUT2D eigenvalue weighted by Gasteiger charge is -2.22. The minimum atomic E-state index is -4.00. The molecule has 0 radical (unpaired) electrons. The van der Waals surface area contributed by atoms with Gasteiger partial charge in [-0.05, 0) is 71.6 Å². The van der Waals surface area contributed by atoms with E-state index in [0.717, 1.165) is 24.4 Å². The summed E-state index contributed by atoms with van der Waals surface area (Å²) in [6, 6.07) is 19.9. The molecule has 7 nitrogen and oxygen atoms in total. The Kier molecular flexibility index (Phi) is 8.11. The van der Waals surface area contributed by atoms with Crippen molar-refractivity contribution in [1.82, 2.24) is 4.31 Å². The molecule has 1 heterocycles. The van der Waals surface area contributed by atoms with Gasteiger partial charge in [0.1, 0.15) is 4.88 Å². The first-order valence-corrected chi connectivity index (χ1v) is 14.0. The van der Waals surface area contributed by atoms with Gasteiger partial charge in [0.25, 0.3) is 0 Å². The maximum atomic E-state index is 13.4. The lowest BCUT2D eigenvalue weighted by atomic mass is 10.2. The summed E-state index contributed by atoms with van der Waals surface area (Å²) in [4.78, 5) is 25.3. The van der Waals surface area contributed by atoms with Crippen LogP contribution in [0.3, 0.4) is 0 Å². The number of ether oxygens (including phenoxy) is 1. The van der Waals surface area contributed by atoms with E-state index in [1.807, 2.05) is 0 Å². The van der Waals surface area contributed by atoms with Crippen LogP contribution in [0.4, 0.5) is 5.69 Å². The molecule has 186 valence electrons. The third kappa shape index (κ3) is 6.13. The number of halogens is 2. The van der Waals surface area contributed by atoms with E-state index in [2.05, 4.69) is 21.2 Å². The van der Waals surface area contributed by atoms with Crippen molar-refractivity contribution in [1.29, 1.82) is 0 Å². The third-order valence-corrected chi connectivity index (χ3v) is 8.91. The number of hydrogen-bond acceptors (Lipinski definition) is 6. The minimum Gasteiger partial charge on any atom is -0.465 e. The normalized spacial score (nSPS) is 11.6. The van der Waals surface area contributed by atoms with Gasteiger partial charge in [-0.2, -0.15) is 4.31 Å². The second kappa shape index (κ2) is 11.1. The van der Waals surface area contributed by atoms with Gasteiger partial charge in [0.05, 0.1) is 18.6 Å². The van der Waals surface area contributed by atoms with Gasteiger partial charge in [0.2, 0.25) is 15.9 Å². The van der Waals surface area contributed by atoms with Crippen LogP contribution >= 0.6 is 38.9 Å². The summed E-state index contributed by atoms with van der Waals surface area (Å²) in [7, 11) is -2.69. The van der Waals surface area contributed by atoms with E-state index in [0.29, 0.717) is 15.6 Å². The number of methoxy groups -OCH3 is 1. The number of fused-ring (bicyclic) bond motifs is 1. The molecule has 1 amide bonds. The van der Waals surface area contributed by atoms with Crippen molar-refractivity contribution >= 4 is 76.5 Å². The van der Waals surface area contributed by atoms with Crippen LogP contribution in [0.2, 0.25) is 5.02 Å². The van der Waals surface area contributed by atoms with Crippen LogP contribution in [0.15, 0.2) is 82.2 Å². The molecular weight excluding hydrogens is 588 g/mol. The summed E-state index contributed by atoms with van der Waals surface area (Å²) in [5, 5.41) is 3.93. The van der Waals surface area contributed by atoms with Crippen molar-refractivity contribution in [3.8, 4) is 0 Å². The number of hydrogen-bond donors (Lipinski definition) is 1. The highest BCUT2D eigenvalue weighted by atomic mass is 79.9. The van der Waals surface area contributed by atoms with Gasteiger partial charge in [0, 0.05) is 26.4 Å². The summed E-state index contributed by atoms with van der Waals surface area (Å²) in [6.07, 6.45) is 0. The van der Waals surface area contributed by atoms with Gasteiger partial charge in [-0.1, -0.05) is 39.7 Å². The van der Waals surface area contributed by atoms with Gasteiger partial charge in [-0.3, -0.25) is 4.79 Å². The van der Waals surface area contributed by atoms with E-state index < -0.39 is 28.4 Å². The molecule has 0 aliphatic rings. The number of thiophene rings is 1. The van der Waals surface area contributed by atoms with Gasteiger partial charge < -0.3 is 10.1 Å². The monoisotopic (exact) mass is 606 g/mol. The molecule has 0 atom stereocenters. The molecule has 4 aromatic rings. The Balaban J connectivity index is 1.57. The largest absolute Gasteiger partial charge is 0.465 e. The fraction of sp³-hybridized carbons (Fsp3) is 0.120. The van der Waals surface area contributed by atoms with Crippen molar-refractivity contribution in [2.75, 3.05) is 19.0 Å². The van der Waals surface area contributed by atoms with E-state index in [-0.39, 0.29) is 11.4 Å². The number of carbonyl (C=O) groups excluding carboxylic acids is 2. The zero-order chi connectivity index (χ0) is 25.9. The average Bonchev–Trinajstić information content (AvgIpc) is 3.28. The summed E-state index contributed by atoms with van der Waals surface area (Å²) < 4.78 is 34.4. The Morgan fingerprint density at radius 2 is 1.72 bits per heavy atom. The van der Waals surface area contributed by atoms with Crippen LogP contribution < -0.4 is 5.32 Å². The number of esters is 1. The van der Waals surface area contributed by atoms with Crippen molar-refractivity contribution in [2.24, 2.45) is 0 Å². The van der Waals surface area contributed by atoms with Crippen LogP contribution in [-0.2, 0) is 26.1 Å². The van der Waals surface area contributed by atoms with Crippen LogP contribution in [0.25, 0.3) is 10.1 Å². The summed E-state index contributed by atoms with van der Waals surface area (Å²) in [6.45, 7) is -0.409. The lowest BCUT2D eigenvalue weighted by molar-refractivity contribution is -0.116. The molecule has 0 fully saturated rings. The maximum Gasteiger partial charge on any atom is 0.348 e. The molecule has 0 bridgehead atoms. The van der Waals surface area contributed by atoms with Gasteiger partial charge in [-0.15, -0.1) is 11.3 Å². The highest BCUT2D eigenvalue weighted by Gasteiger charge is 2.27. The molecule has 0 unspecified atom stereocenters. The molecule has 36 heavy (non-hydrogen) atoms. The Labute approximate surface area is 225 Å². The standard InChI is InChI=1S/C25H20BrClN2O5S2/c1-34-25(31)23-13-17-12-20(8-11-22(17)35-23)28-24(30)15-29(14-16-2-4-18(26)5-3-16)36(32,33)21-9-6-19(27)7-10-21/h2-13H,14-15H2,1H3,(H,28,30). The number of nitrogens with zero attached hydrogens (tertiary/aromatic N) is 1. The fourth-order valence-electron chi connectivity index (χ4n) is 3.46. The molecule has 4 rings (SSSR count). The molecule has 3 aromatic carbocycles. The molecule has 11 heteroatoms. The van der Waals surface area contributed by atoms with E-state index in [1.165, 1.54) is 42.7 Å². The quantitative estimate of drug-likeness (QED) is 0.251. The van der Waals surface area contributed by atoms with Gasteiger partial charge in [-0.25, -0.2) is 13.2 Å². The molecule has 1 aromatic heterocycles. The Bertz CT molecular complexity index is 1520. The van der Waals surface area contributed by atoms with Crippen LogP contribution in [0, 0.1) is 0 Å². The van der Waals surface area contributed by atoms with Crippen LogP contribution in [-0.4, -0.2) is 38.3 Å². The van der Waals surface area contributed by atoms with Crippen LogP contribution in [0.1, 0.15) is 15.2 Å². The zero-order valence-corrected chi connectivity index (χ0v) is 22.9. The Morgan fingerprint density at radius 3 is 2.39 bits per heavy atom. The number of carbonyl (C=O) groups is 2. The fourth-order valence-corrected chi connectivity index (χ4v) is 6.19. The molecular formula is C25H20BrClN2O5S2. The molecule has 0 aliphatic carbocycles. The van der Waals surface area contributed by atoms with E-state index in [9.17, 15) is 18.0 Å². The van der Waals surface area contributed by atoms with Gasteiger partial charge >= 0.3 is 5.97 Å². The molecule has 0 saturated carbocycles. The first kappa shape index (κ1) is 26.3. The first-order valence-electron chi connectivity index (χ1n) is 10.6. The summed E-state index contributed by atoms with van der Waals surface area (Å²) in [5.74, 6) is -0.940.